The first kappa shape index (κ1) is 73.6. The molecular weight excluding hydrogens is 991 g/mol. The molecule has 79 heavy (non-hydrogen) atoms. The van der Waals surface area contributed by atoms with Gasteiger partial charge < -0.3 is 45.1 Å². The number of carbonyl (C=O) groups is 2. The highest BCUT2D eigenvalue weighted by atomic mass is 16.7. The lowest BCUT2D eigenvalue weighted by molar-refractivity contribution is -0.305. The Morgan fingerprint density at radius 3 is 1.35 bits per heavy atom. The third kappa shape index (κ3) is 43.0. The summed E-state index contributed by atoms with van der Waals surface area (Å²) in [4.78, 5) is 26.5. The number of ether oxygens (including phenoxy) is 3. The van der Waals surface area contributed by atoms with Crippen LogP contribution >= 0.6 is 0 Å². The Hall–Kier alpha value is -3.42. The van der Waals surface area contributed by atoms with Gasteiger partial charge >= 0.3 is 5.97 Å². The maximum Gasteiger partial charge on any atom is 0.306 e. The van der Waals surface area contributed by atoms with E-state index in [2.05, 4.69) is 92.9 Å². The molecule has 0 saturated carbocycles. The monoisotopic (exact) mass is 1110 g/mol. The molecule has 11 nitrogen and oxygen atoms in total. The van der Waals surface area contributed by atoms with Gasteiger partial charge in [-0.1, -0.05) is 259 Å². The first-order valence-electron chi connectivity index (χ1n) is 32.0. The van der Waals surface area contributed by atoms with Crippen LogP contribution in [-0.2, 0) is 23.8 Å². The average Bonchev–Trinajstić information content (AvgIpc) is 3.45. The summed E-state index contributed by atoms with van der Waals surface area (Å²) in [5, 5.41) is 56.9. The van der Waals surface area contributed by atoms with Crippen LogP contribution in [0.5, 0.6) is 0 Å². The molecule has 1 saturated heterocycles. The number of unbranched alkanes of at least 4 members (excludes halogenated alkanes) is 26. The zero-order chi connectivity index (χ0) is 57.5. The van der Waals surface area contributed by atoms with E-state index in [1.165, 1.54) is 135 Å². The first-order valence-corrected chi connectivity index (χ1v) is 32.0. The van der Waals surface area contributed by atoms with E-state index in [0.717, 1.165) is 77.0 Å². The molecule has 1 aliphatic heterocycles. The minimum absolute atomic E-state index is 0.0543. The molecule has 8 unspecified atom stereocenters. The summed E-state index contributed by atoms with van der Waals surface area (Å²) in [6, 6.07) is -1.07. The SMILES string of the molecule is CC/C=C\C/C=C\C/C=C\C/C=C\C/C=C\C/C=C\CC(O)C(=O)NC(COC1OC(CO)C(O)C(O)C1OC(=O)CCCCCCCCCCCCC/C=C/CCCCCCCC)C(O)/C=C/CCCCCCCCCCC. The van der Waals surface area contributed by atoms with Crippen molar-refractivity contribution in [3.05, 3.63) is 97.2 Å². The number of nitrogens with one attached hydrogen (secondary N) is 1. The minimum Gasteiger partial charge on any atom is -0.454 e. The Bertz CT molecular complexity index is 1650. The third-order valence-electron chi connectivity index (χ3n) is 14.5. The predicted molar refractivity (Wildman–Crippen MR) is 329 cm³/mol. The maximum absolute atomic E-state index is 13.4. The summed E-state index contributed by atoms with van der Waals surface area (Å²) in [5.74, 6) is -1.29. The van der Waals surface area contributed by atoms with Crippen molar-refractivity contribution in [3.8, 4) is 0 Å². The quantitative estimate of drug-likeness (QED) is 0.0195. The molecule has 0 bridgehead atoms. The van der Waals surface area contributed by atoms with E-state index in [9.17, 15) is 35.1 Å². The summed E-state index contributed by atoms with van der Waals surface area (Å²) in [6.45, 7) is 5.62. The van der Waals surface area contributed by atoms with Crippen LogP contribution in [0.3, 0.4) is 0 Å². The second-order valence-corrected chi connectivity index (χ2v) is 21.8. The van der Waals surface area contributed by atoms with E-state index in [0.29, 0.717) is 12.8 Å². The highest BCUT2D eigenvalue weighted by molar-refractivity contribution is 5.81. The van der Waals surface area contributed by atoms with Crippen LogP contribution in [0.25, 0.3) is 0 Å². The van der Waals surface area contributed by atoms with Crippen molar-refractivity contribution in [2.45, 2.75) is 307 Å². The Kier molecular flexibility index (Phi) is 51.4. The van der Waals surface area contributed by atoms with Crippen molar-refractivity contribution in [1.82, 2.24) is 5.32 Å². The molecule has 11 heteroatoms. The molecule has 0 aromatic carbocycles. The van der Waals surface area contributed by atoms with Crippen LogP contribution in [-0.4, -0.2) is 99.6 Å². The fourth-order valence-electron chi connectivity index (χ4n) is 9.43. The van der Waals surface area contributed by atoms with Crippen molar-refractivity contribution in [3.63, 3.8) is 0 Å². The van der Waals surface area contributed by atoms with Crippen molar-refractivity contribution in [2.75, 3.05) is 13.2 Å². The lowest BCUT2D eigenvalue weighted by Gasteiger charge is -2.41. The summed E-state index contributed by atoms with van der Waals surface area (Å²) in [7, 11) is 0. The van der Waals surface area contributed by atoms with Crippen LogP contribution in [0, 0.1) is 0 Å². The fraction of sp³-hybridized carbons (Fsp3) is 0.735. The Morgan fingerprint density at radius 2 is 0.911 bits per heavy atom. The Balaban J connectivity index is 2.68. The van der Waals surface area contributed by atoms with Crippen LogP contribution in [0.2, 0.25) is 0 Å². The zero-order valence-corrected chi connectivity index (χ0v) is 50.2. The molecule has 1 rings (SSSR count). The van der Waals surface area contributed by atoms with Crippen molar-refractivity contribution >= 4 is 11.9 Å². The van der Waals surface area contributed by atoms with Gasteiger partial charge in [0.1, 0.15) is 24.4 Å². The van der Waals surface area contributed by atoms with Crippen molar-refractivity contribution < 1.29 is 49.3 Å². The van der Waals surface area contributed by atoms with E-state index in [1.54, 1.807) is 12.2 Å². The first-order chi connectivity index (χ1) is 38.7. The number of esters is 1. The van der Waals surface area contributed by atoms with E-state index in [1.807, 2.05) is 18.2 Å². The molecule has 6 N–H and O–H groups in total. The number of aliphatic hydroxyl groups is 5. The van der Waals surface area contributed by atoms with Gasteiger partial charge in [0, 0.05) is 12.8 Å². The number of hydrogen-bond donors (Lipinski definition) is 6. The number of allylic oxidation sites excluding steroid dienone is 14. The second-order valence-electron chi connectivity index (χ2n) is 21.8. The van der Waals surface area contributed by atoms with Crippen LogP contribution in [0.4, 0.5) is 0 Å². The maximum atomic E-state index is 13.4. The molecule has 1 amide bonds. The lowest BCUT2D eigenvalue weighted by atomic mass is 9.99. The summed E-state index contributed by atoms with van der Waals surface area (Å²) < 4.78 is 17.6. The number of aliphatic hydroxyl groups excluding tert-OH is 5. The highest BCUT2D eigenvalue weighted by Gasteiger charge is 2.47. The zero-order valence-electron chi connectivity index (χ0n) is 50.2. The minimum atomic E-state index is -1.63. The molecule has 0 aromatic heterocycles. The van der Waals surface area contributed by atoms with Gasteiger partial charge in [0.2, 0.25) is 5.91 Å². The van der Waals surface area contributed by atoms with Crippen LogP contribution in [0.1, 0.15) is 258 Å². The molecule has 1 fully saturated rings. The van der Waals surface area contributed by atoms with Gasteiger partial charge in [0.05, 0.1) is 25.4 Å². The predicted octanol–water partition coefficient (Wildman–Crippen LogP) is 15.5. The van der Waals surface area contributed by atoms with Crippen LogP contribution in [0.15, 0.2) is 97.2 Å². The fourth-order valence-corrected chi connectivity index (χ4v) is 9.43. The number of rotatable bonds is 53. The third-order valence-corrected chi connectivity index (χ3v) is 14.5. The molecule has 454 valence electrons. The van der Waals surface area contributed by atoms with Crippen molar-refractivity contribution in [2.24, 2.45) is 0 Å². The number of amides is 1. The molecule has 0 aliphatic carbocycles. The lowest BCUT2D eigenvalue weighted by Crippen LogP contribution is -2.61. The summed E-state index contributed by atoms with van der Waals surface area (Å²) >= 11 is 0. The van der Waals surface area contributed by atoms with Gasteiger partial charge in [-0.3, -0.25) is 9.59 Å². The molecule has 1 heterocycles. The molecule has 0 radical (unpaired) electrons. The number of hydrogen-bond acceptors (Lipinski definition) is 10. The van der Waals surface area contributed by atoms with E-state index in [4.69, 9.17) is 14.2 Å². The standard InChI is InChI=1S/C68H117NO10/c1-4-7-10-13-16-19-22-24-26-28-30-31-32-34-36-38-41-44-47-50-53-56-63(73)79-66-65(75)64(74)62(57-70)78-68(66)77-58-59(60(71)54-51-48-45-42-39-21-18-15-12-9-6-3)69-67(76)61(72)55-52-49-46-43-40-37-35-33-29-27-25-23-20-17-14-11-8-5-2/h8,11,17,20,24-27,33,35,40,43,49,51-52,54,59-62,64-66,68,70-72,74-75H,4-7,9-10,12-16,18-19,21-23,28-32,34,36-39,41-42,44-48,50,53,55-58H2,1-3H3,(H,69,76)/b11-8-,20-17-,26-24+,27-25-,35-33-,43-40-,52-49-,54-51+. The normalized spacial score (nSPS) is 19.5. The molecular formula is C68H117NO10. The summed E-state index contributed by atoms with van der Waals surface area (Å²) in [5.41, 5.74) is 0. The topological polar surface area (TPSA) is 175 Å². The smallest absolute Gasteiger partial charge is 0.306 e. The van der Waals surface area contributed by atoms with Gasteiger partial charge in [-0.2, -0.15) is 0 Å². The number of carbonyl (C=O) groups excluding carboxylic acids is 2. The largest absolute Gasteiger partial charge is 0.454 e. The molecule has 8 atom stereocenters. The highest BCUT2D eigenvalue weighted by Crippen LogP contribution is 2.26. The molecule has 1 aliphatic rings. The van der Waals surface area contributed by atoms with Crippen LogP contribution < -0.4 is 5.32 Å². The average molecular weight is 1110 g/mol. The van der Waals surface area contributed by atoms with E-state index >= 15 is 0 Å². The van der Waals surface area contributed by atoms with Gasteiger partial charge in [-0.05, 0) is 83.5 Å². The van der Waals surface area contributed by atoms with Gasteiger partial charge in [0.15, 0.2) is 12.4 Å². The Labute approximate surface area is 482 Å². The summed E-state index contributed by atoms with van der Waals surface area (Å²) in [6.07, 6.45) is 63.3. The van der Waals surface area contributed by atoms with Gasteiger partial charge in [0.25, 0.3) is 0 Å². The van der Waals surface area contributed by atoms with Gasteiger partial charge in [-0.15, -0.1) is 0 Å². The van der Waals surface area contributed by atoms with E-state index in [-0.39, 0.29) is 19.4 Å². The van der Waals surface area contributed by atoms with E-state index < -0.39 is 67.4 Å². The molecule has 0 aromatic rings. The van der Waals surface area contributed by atoms with Crippen molar-refractivity contribution in [1.29, 1.82) is 0 Å². The Morgan fingerprint density at radius 1 is 0.506 bits per heavy atom. The van der Waals surface area contributed by atoms with Gasteiger partial charge in [-0.25, -0.2) is 0 Å². The second kappa shape index (κ2) is 55.1. The molecule has 0 spiro atoms.